The van der Waals surface area contributed by atoms with Gasteiger partial charge in [0.2, 0.25) is 10.0 Å². The van der Waals surface area contributed by atoms with Crippen molar-refractivity contribution in [1.82, 2.24) is 4.31 Å². The van der Waals surface area contributed by atoms with E-state index in [0.29, 0.717) is 35.6 Å². The molecule has 0 aliphatic rings. The van der Waals surface area contributed by atoms with Gasteiger partial charge in [-0.05, 0) is 73.9 Å². The number of aryl methyl sites for hydroxylation is 1. The highest BCUT2D eigenvalue weighted by molar-refractivity contribution is 7.89. The molecule has 8 heteroatoms. The van der Waals surface area contributed by atoms with Gasteiger partial charge in [-0.3, -0.25) is 9.59 Å². The number of hydrogen-bond acceptors (Lipinski definition) is 4. The minimum atomic E-state index is -3.59. The van der Waals surface area contributed by atoms with Gasteiger partial charge in [0.15, 0.2) is 0 Å². The molecule has 3 aromatic rings. The van der Waals surface area contributed by atoms with Crippen LogP contribution in [0.1, 0.15) is 53.0 Å². The highest BCUT2D eigenvalue weighted by atomic mass is 32.2. The number of nitrogens with one attached hydrogen (secondary N) is 2. The van der Waals surface area contributed by atoms with Crippen molar-refractivity contribution < 1.29 is 18.0 Å². The van der Waals surface area contributed by atoms with E-state index in [4.69, 9.17) is 0 Å². The summed E-state index contributed by atoms with van der Waals surface area (Å²) in [6, 6.07) is 20.1. The number of anilines is 2. The van der Waals surface area contributed by atoms with Gasteiger partial charge in [0.25, 0.3) is 11.8 Å². The number of nitrogens with zero attached hydrogens (tertiary/aromatic N) is 1. The molecule has 0 heterocycles. The van der Waals surface area contributed by atoms with Crippen LogP contribution in [-0.2, 0) is 10.0 Å². The third kappa shape index (κ3) is 6.55. The van der Waals surface area contributed by atoms with E-state index in [1.165, 1.54) is 16.4 Å². The topological polar surface area (TPSA) is 95.6 Å². The predicted octanol–water partition coefficient (Wildman–Crippen LogP) is 5.31. The van der Waals surface area contributed by atoms with Crippen molar-refractivity contribution in [3.05, 3.63) is 89.5 Å². The van der Waals surface area contributed by atoms with Gasteiger partial charge in [-0.25, -0.2) is 8.42 Å². The SMILES string of the molecule is CCCN(CCC)S(=O)(=O)c1ccc(NC(=O)c2ccc(C)c(NC(=O)c3ccccc3)c2)cc1. The summed E-state index contributed by atoms with van der Waals surface area (Å²) in [5, 5.41) is 5.64. The third-order valence-electron chi connectivity index (χ3n) is 5.48. The van der Waals surface area contributed by atoms with E-state index in [9.17, 15) is 18.0 Å². The largest absolute Gasteiger partial charge is 0.322 e. The van der Waals surface area contributed by atoms with Crippen molar-refractivity contribution in [2.45, 2.75) is 38.5 Å². The molecule has 0 spiro atoms. The molecule has 7 nitrogen and oxygen atoms in total. The van der Waals surface area contributed by atoms with Crippen molar-refractivity contribution in [3.8, 4) is 0 Å². The number of carbonyl (C=O) groups is 2. The maximum Gasteiger partial charge on any atom is 0.255 e. The lowest BCUT2D eigenvalue weighted by Gasteiger charge is -2.21. The Kier molecular flexibility index (Phi) is 8.78. The summed E-state index contributed by atoms with van der Waals surface area (Å²) in [6.07, 6.45) is 1.47. The fourth-order valence-electron chi connectivity index (χ4n) is 3.60. The average molecular weight is 494 g/mol. The van der Waals surface area contributed by atoms with Crippen molar-refractivity contribution in [3.63, 3.8) is 0 Å². The molecule has 0 unspecified atom stereocenters. The van der Waals surface area contributed by atoms with Crippen LogP contribution in [0, 0.1) is 6.92 Å². The van der Waals surface area contributed by atoms with Gasteiger partial charge < -0.3 is 10.6 Å². The monoisotopic (exact) mass is 493 g/mol. The van der Waals surface area contributed by atoms with Crippen LogP contribution in [0.5, 0.6) is 0 Å². The van der Waals surface area contributed by atoms with Crippen molar-refractivity contribution in [1.29, 1.82) is 0 Å². The first kappa shape index (κ1) is 26.1. The summed E-state index contributed by atoms with van der Waals surface area (Å²) in [6.45, 7) is 6.67. The molecule has 0 radical (unpaired) electrons. The Labute approximate surface area is 207 Å². The fourth-order valence-corrected chi connectivity index (χ4v) is 5.22. The Morgan fingerprint density at radius 3 is 1.97 bits per heavy atom. The van der Waals surface area contributed by atoms with Crippen LogP contribution in [-0.4, -0.2) is 37.6 Å². The van der Waals surface area contributed by atoms with Gasteiger partial charge in [-0.2, -0.15) is 4.31 Å². The maximum atomic E-state index is 12.9. The van der Waals surface area contributed by atoms with Crippen LogP contribution in [0.15, 0.2) is 77.7 Å². The summed E-state index contributed by atoms with van der Waals surface area (Å²) in [5.41, 5.74) is 2.73. The van der Waals surface area contributed by atoms with E-state index in [2.05, 4.69) is 10.6 Å². The molecule has 0 bridgehead atoms. The second-order valence-corrected chi connectivity index (χ2v) is 10.2. The minimum Gasteiger partial charge on any atom is -0.322 e. The second-order valence-electron chi connectivity index (χ2n) is 8.23. The highest BCUT2D eigenvalue weighted by Crippen LogP contribution is 2.22. The first-order valence-corrected chi connectivity index (χ1v) is 13.1. The Hall–Kier alpha value is -3.49. The lowest BCUT2D eigenvalue weighted by molar-refractivity contribution is 0.101. The van der Waals surface area contributed by atoms with Crippen molar-refractivity contribution in [2.24, 2.45) is 0 Å². The van der Waals surface area contributed by atoms with Gasteiger partial charge in [-0.15, -0.1) is 0 Å². The zero-order valence-corrected chi connectivity index (χ0v) is 21.1. The van der Waals surface area contributed by atoms with Gasteiger partial charge in [0.1, 0.15) is 0 Å². The Balaban J connectivity index is 1.73. The number of hydrogen-bond donors (Lipinski definition) is 2. The lowest BCUT2D eigenvalue weighted by atomic mass is 10.1. The van der Waals surface area contributed by atoms with Crippen molar-refractivity contribution >= 4 is 33.2 Å². The predicted molar refractivity (Wildman–Crippen MR) is 139 cm³/mol. The zero-order valence-electron chi connectivity index (χ0n) is 20.2. The molecular weight excluding hydrogens is 462 g/mol. The van der Waals surface area contributed by atoms with E-state index in [1.807, 2.05) is 26.8 Å². The zero-order chi connectivity index (χ0) is 25.4. The lowest BCUT2D eigenvalue weighted by Crippen LogP contribution is -2.32. The summed E-state index contributed by atoms with van der Waals surface area (Å²) in [5.74, 6) is -0.627. The molecule has 0 saturated heterocycles. The number of benzene rings is 3. The number of amides is 2. The third-order valence-corrected chi connectivity index (χ3v) is 7.39. The van der Waals surface area contributed by atoms with Crippen LogP contribution in [0.4, 0.5) is 11.4 Å². The molecule has 0 aliphatic heterocycles. The van der Waals surface area contributed by atoms with Gasteiger partial charge >= 0.3 is 0 Å². The Morgan fingerprint density at radius 2 is 1.37 bits per heavy atom. The van der Waals surface area contributed by atoms with Crippen LogP contribution >= 0.6 is 0 Å². The van der Waals surface area contributed by atoms with E-state index < -0.39 is 10.0 Å². The second kappa shape index (κ2) is 11.8. The first-order valence-electron chi connectivity index (χ1n) is 11.6. The van der Waals surface area contributed by atoms with E-state index in [0.717, 1.165) is 18.4 Å². The minimum absolute atomic E-state index is 0.193. The molecule has 35 heavy (non-hydrogen) atoms. The highest BCUT2D eigenvalue weighted by Gasteiger charge is 2.23. The first-order chi connectivity index (χ1) is 16.8. The fraction of sp³-hybridized carbons (Fsp3) is 0.259. The van der Waals surface area contributed by atoms with E-state index in [1.54, 1.807) is 54.6 Å². The molecule has 0 aromatic heterocycles. The number of carbonyl (C=O) groups excluding carboxylic acids is 2. The molecule has 184 valence electrons. The standard InChI is InChI=1S/C27H31N3O4S/c1-4-17-30(18-5-2)35(33,34)24-15-13-23(14-16-24)28-27(32)22-12-11-20(3)25(19-22)29-26(31)21-9-7-6-8-10-21/h6-16,19H,4-5,17-18H2,1-3H3,(H,28,32)(H,29,31). The van der Waals surface area contributed by atoms with Crippen LogP contribution in [0.3, 0.4) is 0 Å². The summed E-state index contributed by atoms with van der Waals surface area (Å²) >= 11 is 0. The summed E-state index contributed by atoms with van der Waals surface area (Å²) < 4.78 is 27.3. The van der Waals surface area contributed by atoms with Crippen LogP contribution < -0.4 is 10.6 Å². The smallest absolute Gasteiger partial charge is 0.255 e. The van der Waals surface area contributed by atoms with Gasteiger partial charge in [0.05, 0.1) is 4.90 Å². The molecule has 2 amide bonds. The van der Waals surface area contributed by atoms with E-state index >= 15 is 0 Å². The van der Waals surface area contributed by atoms with Gasteiger partial charge in [-0.1, -0.05) is 38.1 Å². The molecule has 3 rings (SSSR count). The Morgan fingerprint density at radius 1 is 0.771 bits per heavy atom. The van der Waals surface area contributed by atoms with E-state index in [-0.39, 0.29) is 16.7 Å². The Bertz CT molecular complexity index is 1270. The molecule has 0 fully saturated rings. The van der Waals surface area contributed by atoms with Crippen LogP contribution in [0.2, 0.25) is 0 Å². The molecule has 3 aromatic carbocycles. The average Bonchev–Trinajstić information content (AvgIpc) is 2.86. The molecule has 0 saturated carbocycles. The number of sulfonamides is 1. The summed E-state index contributed by atoms with van der Waals surface area (Å²) in [7, 11) is -3.59. The quantitative estimate of drug-likeness (QED) is 0.400. The van der Waals surface area contributed by atoms with Crippen molar-refractivity contribution in [2.75, 3.05) is 23.7 Å². The van der Waals surface area contributed by atoms with Crippen LogP contribution in [0.25, 0.3) is 0 Å². The normalized spacial score (nSPS) is 11.3. The summed E-state index contributed by atoms with van der Waals surface area (Å²) in [4.78, 5) is 25.6. The number of rotatable bonds is 10. The molecule has 0 aliphatic carbocycles. The molecular formula is C27H31N3O4S. The maximum absolute atomic E-state index is 12.9. The molecule has 0 atom stereocenters. The van der Waals surface area contributed by atoms with Gasteiger partial charge in [0, 0.05) is 35.6 Å². The molecule has 2 N–H and O–H groups in total.